The van der Waals surface area contributed by atoms with E-state index in [1.807, 2.05) is 0 Å². The molecule has 0 amide bonds. The van der Waals surface area contributed by atoms with Crippen molar-refractivity contribution in [1.82, 2.24) is 29.7 Å². The quantitative estimate of drug-likeness (QED) is 0.622. The molecular weight excluding hydrogens is 294 g/mol. The van der Waals surface area contributed by atoms with Gasteiger partial charge in [0.1, 0.15) is 12.1 Å². The Balaban J connectivity index is 1.62. The first-order chi connectivity index (χ1) is 11.4. The normalized spacial score (nSPS) is 10.4. The first kappa shape index (κ1) is 14.6. The Labute approximate surface area is 132 Å². The summed E-state index contributed by atoms with van der Waals surface area (Å²) in [6, 6.07) is 3.87. The molecule has 0 aliphatic carbocycles. The monoisotopic (exact) mass is 309 g/mol. The van der Waals surface area contributed by atoms with Crippen molar-refractivity contribution >= 4 is 22.8 Å². The summed E-state index contributed by atoms with van der Waals surface area (Å²) in [5.41, 5.74) is 0.720. The van der Waals surface area contributed by atoms with Gasteiger partial charge in [-0.05, 0) is 6.07 Å². The molecule has 9 nitrogen and oxygen atoms in total. The molecule has 3 heterocycles. The summed E-state index contributed by atoms with van der Waals surface area (Å²) in [4.78, 5) is 16.7. The van der Waals surface area contributed by atoms with Crippen LogP contribution in [0.15, 0.2) is 31.0 Å². The summed E-state index contributed by atoms with van der Waals surface area (Å²) in [6.45, 7) is 1.81. The van der Waals surface area contributed by atoms with E-state index in [1.54, 1.807) is 29.3 Å². The maximum atomic E-state index is 8.68. The van der Waals surface area contributed by atoms with Gasteiger partial charge >= 0.3 is 0 Å². The average molecular weight is 309 g/mol. The number of rotatable bonds is 7. The van der Waals surface area contributed by atoms with Gasteiger partial charge in [0.15, 0.2) is 5.65 Å². The number of nitrogens with zero attached hydrogens (tertiary/aromatic N) is 7. The first-order valence-corrected chi connectivity index (χ1v) is 7.16. The molecule has 0 fully saturated rings. The van der Waals surface area contributed by atoms with Crippen molar-refractivity contribution < 1.29 is 0 Å². The molecule has 0 bridgehead atoms. The summed E-state index contributed by atoms with van der Waals surface area (Å²) in [5.74, 6) is 1.31. The second-order valence-corrected chi connectivity index (χ2v) is 4.66. The van der Waals surface area contributed by atoms with E-state index in [2.05, 4.69) is 41.7 Å². The Bertz CT molecular complexity index is 806. The zero-order valence-electron chi connectivity index (χ0n) is 12.3. The Morgan fingerprint density at radius 3 is 2.74 bits per heavy atom. The number of hydrogen-bond acceptors (Lipinski definition) is 8. The van der Waals surface area contributed by atoms with Gasteiger partial charge in [0.2, 0.25) is 5.95 Å². The van der Waals surface area contributed by atoms with Gasteiger partial charge in [-0.1, -0.05) is 0 Å². The highest BCUT2D eigenvalue weighted by Gasteiger charge is 2.09. The Kier molecular flexibility index (Phi) is 4.54. The molecule has 3 aromatic rings. The molecule has 0 unspecified atom stereocenters. The van der Waals surface area contributed by atoms with Crippen molar-refractivity contribution in [3.05, 3.63) is 31.0 Å². The van der Waals surface area contributed by atoms with E-state index in [1.165, 1.54) is 6.33 Å². The molecule has 0 saturated carbocycles. The average Bonchev–Trinajstić information content (AvgIpc) is 3.02. The van der Waals surface area contributed by atoms with Crippen molar-refractivity contribution in [3.8, 4) is 6.07 Å². The van der Waals surface area contributed by atoms with Crippen LogP contribution in [0.4, 0.5) is 11.8 Å². The van der Waals surface area contributed by atoms with Crippen LogP contribution in [0, 0.1) is 11.3 Å². The molecule has 23 heavy (non-hydrogen) atoms. The minimum absolute atomic E-state index is 0.393. The number of hydrogen-bond donors (Lipinski definition) is 2. The molecule has 9 heteroatoms. The molecule has 0 radical (unpaired) electrons. The smallest absolute Gasteiger partial charge is 0.222 e. The summed E-state index contributed by atoms with van der Waals surface area (Å²) in [7, 11) is 0. The van der Waals surface area contributed by atoms with E-state index in [4.69, 9.17) is 5.26 Å². The molecular formula is C14H15N9. The second-order valence-electron chi connectivity index (χ2n) is 4.66. The molecule has 0 spiro atoms. The number of nitriles is 1. The maximum Gasteiger partial charge on any atom is 0.222 e. The molecule has 2 N–H and O–H groups in total. The van der Waals surface area contributed by atoms with Crippen molar-refractivity contribution in [1.29, 1.82) is 5.26 Å². The SMILES string of the molecule is N#CCCn1ncc2c(NCCNc3ncccn3)ncnc21. The van der Waals surface area contributed by atoms with Crippen LogP contribution in [-0.2, 0) is 6.54 Å². The Morgan fingerprint density at radius 1 is 1.09 bits per heavy atom. The lowest BCUT2D eigenvalue weighted by molar-refractivity contribution is 0.643. The van der Waals surface area contributed by atoms with Crippen molar-refractivity contribution in [3.63, 3.8) is 0 Å². The van der Waals surface area contributed by atoms with E-state index >= 15 is 0 Å². The lowest BCUT2D eigenvalue weighted by Crippen LogP contribution is -2.15. The molecule has 3 aromatic heterocycles. The van der Waals surface area contributed by atoms with E-state index in [0.29, 0.717) is 37.8 Å². The summed E-state index contributed by atoms with van der Waals surface area (Å²) >= 11 is 0. The van der Waals surface area contributed by atoms with Crippen LogP contribution in [0.5, 0.6) is 0 Å². The van der Waals surface area contributed by atoms with Crippen LogP contribution in [0.3, 0.4) is 0 Å². The third-order valence-corrected chi connectivity index (χ3v) is 3.14. The highest BCUT2D eigenvalue weighted by molar-refractivity contribution is 5.86. The predicted molar refractivity (Wildman–Crippen MR) is 84.6 cm³/mol. The first-order valence-electron chi connectivity index (χ1n) is 7.16. The minimum Gasteiger partial charge on any atom is -0.368 e. The number of anilines is 2. The molecule has 0 saturated heterocycles. The molecule has 0 aliphatic heterocycles. The summed E-state index contributed by atoms with van der Waals surface area (Å²) in [6.07, 6.45) is 6.97. The molecule has 0 aromatic carbocycles. The van der Waals surface area contributed by atoms with Gasteiger partial charge in [0.05, 0.1) is 30.6 Å². The molecule has 0 aliphatic rings. The third-order valence-electron chi connectivity index (χ3n) is 3.14. The van der Waals surface area contributed by atoms with Gasteiger partial charge in [-0.2, -0.15) is 10.4 Å². The number of fused-ring (bicyclic) bond motifs is 1. The second kappa shape index (κ2) is 7.13. The fourth-order valence-corrected chi connectivity index (χ4v) is 2.10. The van der Waals surface area contributed by atoms with Crippen LogP contribution >= 0.6 is 0 Å². The highest BCUT2D eigenvalue weighted by Crippen LogP contribution is 2.18. The van der Waals surface area contributed by atoms with Crippen LogP contribution in [0.1, 0.15) is 6.42 Å². The highest BCUT2D eigenvalue weighted by atomic mass is 15.3. The summed E-state index contributed by atoms with van der Waals surface area (Å²) < 4.78 is 1.71. The van der Waals surface area contributed by atoms with Crippen LogP contribution in [-0.4, -0.2) is 42.8 Å². The lowest BCUT2D eigenvalue weighted by atomic mass is 10.4. The van der Waals surface area contributed by atoms with Gasteiger partial charge in [-0.25, -0.2) is 24.6 Å². The van der Waals surface area contributed by atoms with Crippen LogP contribution in [0.2, 0.25) is 0 Å². The molecule has 0 atom stereocenters. The van der Waals surface area contributed by atoms with Crippen LogP contribution in [0.25, 0.3) is 11.0 Å². The van der Waals surface area contributed by atoms with Crippen LogP contribution < -0.4 is 10.6 Å². The van der Waals surface area contributed by atoms with Gasteiger partial charge < -0.3 is 10.6 Å². The standard InChI is InChI=1S/C14H15N9/c15-3-1-8-23-13-11(9-22-23)12(20-10-21-13)16-6-7-19-14-17-4-2-5-18-14/h2,4-5,9-10H,1,6-8H2,(H,16,20,21)(H,17,18,19). The fourth-order valence-electron chi connectivity index (χ4n) is 2.10. The fraction of sp³-hybridized carbons (Fsp3) is 0.286. The van der Waals surface area contributed by atoms with Crippen molar-refractivity contribution in [2.24, 2.45) is 0 Å². The van der Waals surface area contributed by atoms with E-state index in [0.717, 1.165) is 11.0 Å². The van der Waals surface area contributed by atoms with E-state index in [9.17, 15) is 0 Å². The van der Waals surface area contributed by atoms with Gasteiger partial charge in [-0.3, -0.25) is 0 Å². The number of aromatic nitrogens is 6. The maximum absolute atomic E-state index is 8.68. The minimum atomic E-state index is 0.393. The largest absolute Gasteiger partial charge is 0.368 e. The summed E-state index contributed by atoms with van der Waals surface area (Å²) in [5, 5.41) is 20.1. The zero-order valence-corrected chi connectivity index (χ0v) is 12.3. The lowest BCUT2D eigenvalue weighted by Gasteiger charge is -2.07. The third kappa shape index (κ3) is 3.49. The molecule has 116 valence electrons. The Hall–Kier alpha value is -3.28. The Morgan fingerprint density at radius 2 is 1.91 bits per heavy atom. The topological polar surface area (TPSA) is 117 Å². The van der Waals surface area contributed by atoms with Gasteiger partial charge in [0, 0.05) is 25.5 Å². The number of nitrogens with one attached hydrogen (secondary N) is 2. The predicted octanol–water partition coefficient (Wildman–Crippen LogP) is 1.05. The zero-order chi connectivity index (χ0) is 15.9. The van der Waals surface area contributed by atoms with Gasteiger partial charge in [-0.15, -0.1) is 0 Å². The van der Waals surface area contributed by atoms with Gasteiger partial charge in [0.25, 0.3) is 0 Å². The van der Waals surface area contributed by atoms with Crippen molar-refractivity contribution in [2.75, 3.05) is 23.7 Å². The molecule has 3 rings (SSSR count). The van der Waals surface area contributed by atoms with E-state index in [-0.39, 0.29) is 0 Å². The van der Waals surface area contributed by atoms with Crippen molar-refractivity contribution in [2.45, 2.75) is 13.0 Å². The van der Waals surface area contributed by atoms with E-state index < -0.39 is 0 Å². The number of aryl methyl sites for hydroxylation is 1.